The van der Waals surface area contributed by atoms with Crippen molar-refractivity contribution >= 4 is 39.7 Å². The summed E-state index contributed by atoms with van der Waals surface area (Å²) in [6.07, 6.45) is 8.76. The molecule has 10 heteroatoms. The van der Waals surface area contributed by atoms with Crippen molar-refractivity contribution in [3.63, 3.8) is 0 Å². The Hall–Kier alpha value is -4.44. The van der Waals surface area contributed by atoms with Crippen LogP contribution in [0.4, 0.5) is 26.0 Å². The number of hydrazine groups is 1. The molecule has 1 aromatic carbocycles. The maximum atomic E-state index is 16.2. The molecule has 0 saturated heterocycles. The fraction of sp³-hybridized carbons (Fsp3) is 0.111. The lowest BCUT2D eigenvalue weighted by atomic mass is 9.99. The molecule has 0 bridgehead atoms. The molecule has 4 aromatic rings. The molecule has 2 aliphatic rings. The first-order valence-electron chi connectivity index (χ1n) is 11.6. The third-order valence-electron chi connectivity index (χ3n) is 6.21. The second kappa shape index (κ2) is 8.90. The van der Waals surface area contributed by atoms with Crippen molar-refractivity contribution in [2.75, 3.05) is 29.7 Å². The normalized spacial score (nSPS) is 13.9. The Morgan fingerprint density at radius 2 is 1.92 bits per heavy atom. The molecule has 5 heterocycles. The van der Waals surface area contributed by atoms with Crippen LogP contribution in [0.25, 0.3) is 22.4 Å². The van der Waals surface area contributed by atoms with E-state index in [4.69, 9.17) is 4.98 Å². The van der Waals surface area contributed by atoms with E-state index in [2.05, 4.69) is 26.1 Å². The first kappa shape index (κ1) is 23.0. The molecule has 0 unspecified atom stereocenters. The zero-order valence-electron chi connectivity index (χ0n) is 20.3. The van der Waals surface area contributed by atoms with Crippen molar-refractivity contribution in [1.82, 2.24) is 20.4 Å². The Labute approximate surface area is 216 Å². The molecule has 0 saturated carbocycles. The molecule has 3 aromatic heterocycles. The third kappa shape index (κ3) is 4.05. The minimum Gasteiger partial charge on any atom is -0.378 e. The number of pyridine rings is 1. The average molecular weight is 516 g/mol. The molecule has 0 fully saturated rings. The number of benzene rings is 1. The maximum absolute atomic E-state index is 16.2. The number of allylic oxidation sites excluding steroid dienone is 2. The minimum absolute atomic E-state index is 0.254. The third-order valence-corrected chi connectivity index (χ3v) is 7.12. The van der Waals surface area contributed by atoms with Crippen LogP contribution in [0, 0.1) is 17.9 Å². The highest BCUT2D eigenvalue weighted by Gasteiger charge is 2.27. The van der Waals surface area contributed by atoms with Gasteiger partial charge in [-0.25, -0.2) is 9.37 Å². The van der Waals surface area contributed by atoms with Crippen LogP contribution in [-0.2, 0) is 0 Å². The van der Waals surface area contributed by atoms with Crippen LogP contribution >= 0.6 is 11.3 Å². The van der Waals surface area contributed by atoms with Crippen LogP contribution in [0.3, 0.4) is 0 Å². The number of nitrogens with zero attached hydrogens (tertiary/aromatic N) is 3. The number of imidazole rings is 1. The molecule has 0 spiro atoms. The Balaban J connectivity index is 1.46. The quantitative estimate of drug-likeness (QED) is 0.272. The van der Waals surface area contributed by atoms with Crippen LogP contribution in [0.15, 0.2) is 61.1 Å². The molecular weight excluding hydrogens is 492 g/mol. The highest BCUT2D eigenvalue weighted by molar-refractivity contribution is 7.11. The van der Waals surface area contributed by atoms with Crippen LogP contribution in [0.2, 0.25) is 0 Å². The Morgan fingerprint density at radius 1 is 1.05 bits per heavy atom. The molecule has 0 amide bonds. The lowest BCUT2D eigenvalue weighted by Crippen LogP contribution is -2.22. The average Bonchev–Trinajstić information content (AvgIpc) is 3.45. The number of fused-ring (bicyclic) bond motifs is 2. The van der Waals surface area contributed by atoms with E-state index in [0.717, 1.165) is 33.0 Å². The van der Waals surface area contributed by atoms with Gasteiger partial charge in [0.2, 0.25) is 0 Å². The summed E-state index contributed by atoms with van der Waals surface area (Å²) in [4.78, 5) is 15.2. The SMILES string of the molecule is Cc1cc(-c2ncc3c(c2F)C(c2nc4c([nH]2)C(c2ccc(F)s2)=CC=CN4)=CNN3)cc(N(C)C)c1. The van der Waals surface area contributed by atoms with Gasteiger partial charge in [0.15, 0.2) is 16.8 Å². The van der Waals surface area contributed by atoms with Crippen LogP contribution in [0.5, 0.6) is 0 Å². The van der Waals surface area contributed by atoms with Crippen molar-refractivity contribution < 1.29 is 8.78 Å². The number of hydrogen-bond acceptors (Lipinski definition) is 7. The zero-order valence-corrected chi connectivity index (χ0v) is 21.1. The fourth-order valence-electron chi connectivity index (χ4n) is 4.47. The smallest absolute Gasteiger partial charge is 0.176 e. The van der Waals surface area contributed by atoms with Crippen LogP contribution < -0.4 is 21.1 Å². The number of aromatic amines is 1. The number of halogens is 2. The molecule has 186 valence electrons. The summed E-state index contributed by atoms with van der Waals surface area (Å²) in [6, 6.07) is 9.05. The lowest BCUT2D eigenvalue weighted by Gasteiger charge is -2.21. The zero-order chi connectivity index (χ0) is 25.7. The van der Waals surface area contributed by atoms with Gasteiger partial charge >= 0.3 is 0 Å². The number of thiophene rings is 1. The summed E-state index contributed by atoms with van der Waals surface area (Å²) in [5, 5.41) is 2.88. The van der Waals surface area contributed by atoms with Gasteiger partial charge in [0, 0.05) is 53.8 Å². The molecular formula is C27H23F2N7S. The summed E-state index contributed by atoms with van der Waals surface area (Å²) >= 11 is 1.05. The monoisotopic (exact) mass is 515 g/mol. The van der Waals surface area contributed by atoms with Gasteiger partial charge in [0.25, 0.3) is 0 Å². The topological polar surface area (TPSA) is 80.9 Å². The largest absolute Gasteiger partial charge is 0.378 e. The van der Waals surface area contributed by atoms with Gasteiger partial charge < -0.3 is 20.6 Å². The van der Waals surface area contributed by atoms with Crippen molar-refractivity contribution in [2.24, 2.45) is 0 Å². The molecule has 0 radical (unpaired) electrons. The van der Waals surface area contributed by atoms with Gasteiger partial charge in [-0.1, -0.05) is 0 Å². The minimum atomic E-state index is -0.455. The van der Waals surface area contributed by atoms with Gasteiger partial charge in [-0.2, -0.15) is 4.39 Å². The highest BCUT2D eigenvalue weighted by Crippen LogP contribution is 2.39. The van der Waals surface area contributed by atoms with E-state index in [1.165, 1.54) is 6.07 Å². The number of aromatic nitrogens is 3. The number of nitrogens with one attached hydrogen (secondary N) is 4. The van der Waals surface area contributed by atoms with Gasteiger partial charge in [0.1, 0.15) is 11.5 Å². The summed E-state index contributed by atoms with van der Waals surface area (Å²) in [6.45, 7) is 1.98. The summed E-state index contributed by atoms with van der Waals surface area (Å²) in [5.41, 5.74) is 11.7. The predicted molar refractivity (Wildman–Crippen MR) is 145 cm³/mol. The van der Waals surface area contributed by atoms with Gasteiger partial charge in [-0.15, -0.1) is 11.3 Å². The standard InChI is InChI=1S/C27H23F2N7S/c1-14-9-15(11-16(10-14)36(2)3)24-23(29)22-18(12-32-35-19(22)13-31-24)26-33-25-17(20-6-7-21(28)37-20)5-4-8-30-27(25)34-26/h4-13,30,32,35H,1-3H3,(H,33,34). The molecule has 7 nitrogen and oxygen atoms in total. The summed E-state index contributed by atoms with van der Waals surface area (Å²) in [5.74, 6) is 0.567. The van der Waals surface area contributed by atoms with E-state index in [1.807, 2.05) is 56.3 Å². The van der Waals surface area contributed by atoms with Crippen molar-refractivity contribution in [3.8, 4) is 11.3 Å². The number of hydrogen-bond donors (Lipinski definition) is 4. The molecule has 6 rings (SSSR count). The van der Waals surface area contributed by atoms with Gasteiger partial charge in [0.05, 0.1) is 23.1 Å². The molecule has 2 aliphatic heterocycles. The van der Waals surface area contributed by atoms with E-state index in [-0.39, 0.29) is 10.8 Å². The number of aryl methyl sites for hydroxylation is 1. The van der Waals surface area contributed by atoms with Gasteiger partial charge in [-0.3, -0.25) is 10.4 Å². The first-order valence-corrected chi connectivity index (χ1v) is 12.4. The maximum Gasteiger partial charge on any atom is 0.176 e. The van der Waals surface area contributed by atoms with Crippen LogP contribution in [-0.4, -0.2) is 29.0 Å². The van der Waals surface area contributed by atoms with E-state index in [1.54, 1.807) is 24.7 Å². The Morgan fingerprint density at radius 3 is 2.70 bits per heavy atom. The van der Waals surface area contributed by atoms with Crippen LogP contribution in [0.1, 0.15) is 27.5 Å². The summed E-state index contributed by atoms with van der Waals surface area (Å²) in [7, 11) is 3.89. The van der Waals surface area contributed by atoms with E-state index in [9.17, 15) is 4.39 Å². The molecule has 37 heavy (non-hydrogen) atoms. The molecule has 0 atom stereocenters. The van der Waals surface area contributed by atoms with E-state index >= 15 is 4.39 Å². The Bertz CT molecular complexity index is 1630. The summed E-state index contributed by atoms with van der Waals surface area (Å²) < 4.78 is 30.0. The predicted octanol–water partition coefficient (Wildman–Crippen LogP) is 5.88. The molecule has 4 N–H and O–H groups in total. The fourth-order valence-corrected chi connectivity index (χ4v) is 5.23. The van der Waals surface area contributed by atoms with Crippen molar-refractivity contribution in [1.29, 1.82) is 0 Å². The van der Waals surface area contributed by atoms with Crippen molar-refractivity contribution in [3.05, 3.63) is 99.6 Å². The lowest BCUT2D eigenvalue weighted by molar-refractivity contribution is 0.621. The van der Waals surface area contributed by atoms with E-state index < -0.39 is 5.82 Å². The highest BCUT2D eigenvalue weighted by atomic mass is 32.1. The second-order valence-electron chi connectivity index (χ2n) is 8.99. The Kier molecular flexibility index (Phi) is 5.53. The van der Waals surface area contributed by atoms with Gasteiger partial charge in [-0.05, 0) is 55.0 Å². The first-order chi connectivity index (χ1) is 17.9. The van der Waals surface area contributed by atoms with Crippen molar-refractivity contribution in [2.45, 2.75) is 6.92 Å². The second-order valence-corrected chi connectivity index (χ2v) is 10.0. The number of anilines is 3. The molecule has 0 aliphatic carbocycles. The number of rotatable bonds is 4. The van der Waals surface area contributed by atoms with E-state index in [0.29, 0.717) is 39.7 Å². The number of H-pyrrole nitrogens is 1.